The van der Waals surface area contributed by atoms with Crippen molar-refractivity contribution in [2.45, 2.75) is 25.6 Å². The van der Waals surface area contributed by atoms with Crippen LogP contribution in [-0.2, 0) is 35.0 Å². The van der Waals surface area contributed by atoms with Crippen molar-refractivity contribution >= 4 is 11.9 Å². The van der Waals surface area contributed by atoms with Crippen LogP contribution in [0, 0.1) is 11.8 Å². The molecule has 0 aromatic heterocycles. The van der Waals surface area contributed by atoms with Gasteiger partial charge in [0, 0.05) is 19.4 Å². The highest BCUT2D eigenvalue weighted by Crippen LogP contribution is 2.43. The second-order valence-corrected chi connectivity index (χ2v) is 6.60. The largest absolute Gasteiger partial charge is 0.471 e. The minimum Gasteiger partial charge on any atom is -0.471 e. The fourth-order valence-corrected chi connectivity index (χ4v) is 3.62. The first-order valence-electron chi connectivity index (χ1n) is 8.99. The van der Waals surface area contributed by atoms with Crippen molar-refractivity contribution in [2.75, 3.05) is 20.8 Å². The topological polar surface area (TPSA) is 71.1 Å². The molecule has 1 aromatic rings. The van der Waals surface area contributed by atoms with E-state index in [0.717, 1.165) is 11.1 Å². The number of esters is 2. The third kappa shape index (κ3) is 4.39. The molecular weight excluding hydrogens is 348 g/mol. The molecule has 0 fully saturated rings. The number of rotatable bonds is 7. The Kier molecular flexibility index (Phi) is 6.29. The monoisotopic (exact) mass is 372 g/mol. The molecule has 0 saturated carbocycles. The Morgan fingerprint density at radius 2 is 1.96 bits per heavy atom. The van der Waals surface area contributed by atoms with Gasteiger partial charge < -0.3 is 18.9 Å². The highest BCUT2D eigenvalue weighted by molar-refractivity contribution is 5.89. The van der Waals surface area contributed by atoms with Gasteiger partial charge in [0.2, 0.25) is 6.29 Å². The maximum absolute atomic E-state index is 12.1. The zero-order chi connectivity index (χ0) is 19.2. The normalized spacial score (nSPS) is 23.6. The number of hydrogen-bond donors (Lipinski definition) is 0. The average molecular weight is 372 g/mol. The molecular formula is C21H24O6. The second kappa shape index (κ2) is 8.86. The number of hydrogen-bond acceptors (Lipinski definition) is 6. The summed E-state index contributed by atoms with van der Waals surface area (Å²) >= 11 is 0. The molecule has 6 nitrogen and oxygen atoms in total. The van der Waals surface area contributed by atoms with E-state index in [1.165, 1.54) is 13.4 Å². The van der Waals surface area contributed by atoms with E-state index in [-0.39, 0.29) is 24.4 Å². The zero-order valence-corrected chi connectivity index (χ0v) is 15.6. The number of carbonyl (C=O) groups excluding carboxylic acids is 2. The summed E-state index contributed by atoms with van der Waals surface area (Å²) in [6.45, 7) is 0.173. The number of aryl methyl sites for hydroxylation is 1. The first kappa shape index (κ1) is 19.2. The number of carbonyl (C=O) groups is 2. The molecule has 0 unspecified atom stereocenters. The van der Waals surface area contributed by atoms with Crippen molar-refractivity contribution in [1.82, 2.24) is 0 Å². The Morgan fingerprint density at radius 3 is 2.67 bits per heavy atom. The predicted molar refractivity (Wildman–Crippen MR) is 97.4 cm³/mol. The zero-order valence-electron chi connectivity index (χ0n) is 15.6. The molecule has 0 saturated heterocycles. The van der Waals surface area contributed by atoms with Crippen molar-refractivity contribution in [3.05, 3.63) is 59.4 Å². The highest BCUT2D eigenvalue weighted by Gasteiger charge is 2.44. The smallest absolute Gasteiger partial charge is 0.337 e. The Balaban J connectivity index is 1.57. The minimum absolute atomic E-state index is 0.0887. The molecule has 144 valence electrons. The number of ether oxygens (including phenoxy) is 4. The summed E-state index contributed by atoms with van der Waals surface area (Å²) in [6.07, 6.45) is 4.53. The fourth-order valence-electron chi connectivity index (χ4n) is 3.62. The number of methoxy groups -OCH3 is 2. The van der Waals surface area contributed by atoms with Crippen LogP contribution in [0.3, 0.4) is 0 Å². The molecule has 0 bridgehead atoms. The lowest BCUT2D eigenvalue weighted by Gasteiger charge is -2.33. The number of benzene rings is 1. The van der Waals surface area contributed by atoms with Crippen LogP contribution in [0.5, 0.6) is 0 Å². The van der Waals surface area contributed by atoms with Gasteiger partial charge in [-0.15, -0.1) is 0 Å². The molecule has 1 aliphatic heterocycles. The molecule has 1 aromatic carbocycles. The molecule has 0 amide bonds. The Hall–Kier alpha value is -2.60. The SMILES string of the molecule is COC(=O)C1=CO[C@@H](OC)[C@@H]2C(COC(=O)CCc3ccccc3)=CC[C@H]12. The highest BCUT2D eigenvalue weighted by atomic mass is 16.7. The van der Waals surface area contributed by atoms with E-state index in [0.29, 0.717) is 24.8 Å². The van der Waals surface area contributed by atoms with Crippen molar-refractivity contribution in [3.63, 3.8) is 0 Å². The summed E-state index contributed by atoms with van der Waals surface area (Å²) in [5.41, 5.74) is 2.49. The van der Waals surface area contributed by atoms with Crippen LogP contribution >= 0.6 is 0 Å². The third-order valence-corrected chi connectivity index (χ3v) is 5.03. The molecule has 1 aliphatic carbocycles. The van der Waals surface area contributed by atoms with Crippen LogP contribution in [-0.4, -0.2) is 39.1 Å². The lowest BCUT2D eigenvalue weighted by Crippen LogP contribution is -2.37. The lowest BCUT2D eigenvalue weighted by atomic mass is 9.83. The summed E-state index contributed by atoms with van der Waals surface area (Å²) < 4.78 is 21.3. The Bertz CT molecular complexity index is 736. The Morgan fingerprint density at radius 1 is 1.19 bits per heavy atom. The van der Waals surface area contributed by atoms with Gasteiger partial charge in [0.05, 0.1) is 24.9 Å². The van der Waals surface area contributed by atoms with Crippen molar-refractivity contribution in [2.24, 2.45) is 11.8 Å². The molecule has 3 atom stereocenters. The van der Waals surface area contributed by atoms with Gasteiger partial charge in [0.15, 0.2) is 0 Å². The maximum atomic E-state index is 12.1. The van der Waals surface area contributed by atoms with Crippen molar-refractivity contribution in [3.8, 4) is 0 Å². The third-order valence-electron chi connectivity index (χ3n) is 5.03. The summed E-state index contributed by atoms with van der Waals surface area (Å²) in [4.78, 5) is 24.1. The average Bonchev–Trinajstić information content (AvgIpc) is 3.14. The van der Waals surface area contributed by atoms with Crippen LogP contribution in [0.4, 0.5) is 0 Å². The molecule has 6 heteroatoms. The first-order chi connectivity index (χ1) is 13.1. The van der Waals surface area contributed by atoms with Gasteiger partial charge in [-0.05, 0) is 24.0 Å². The van der Waals surface area contributed by atoms with Crippen LogP contribution in [0.1, 0.15) is 18.4 Å². The first-order valence-corrected chi connectivity index (χ1v) is 8.99. The van der Waals surface area contributed by atoms with Crippen LogP contribution in [0.15, 0.2) is 53.8 Å². The second-order valence-electron chi connectivity index (χ2n) is 6.60. The van der Waals surface area contributed by atoms with Crippen LogP contribution < -0.4 is 0 Å². The van der Waals surface area contributed by atoms with Crippen molar-refractivity contribution in [1.29, 1.82) is 0 Å². The number of fused-ring (bicyclic) bond motifs is 1. The quantitative estimate of drug-likeness (QED) is 0.541. The molecule has 0 radical (unpaired) electrons. The van der Waals surface area contributed by atoms with E-state index in [1.807, 2.05) is 36.4 Å². The van der Waals surface area contributed by atoms with Crippen molar-refractivity contribution < 1.29 is 28.5 Å². The fraction of sp³-hybridized carbons (Fsp3) is 0.429. The van der Waals surface area contributed by atoms with E-state index in [9.17, 15) is 9.59 Å². The van der Waals surface area contributed by atoms with Gasteiger partial charge in [-0.1, -0.05) is 36.4 Å². The van der Waals surface area contributed by atoms with E-state index < -0.39 is 12.3 Å². The number of allylic oxidation sites excluding steroid dienone is 1. The van der Waals surface area contributed by atoms with Gasteiger partial charge in [-0.3, -0.25) is 4.79 Å². The maximum Gasteiger partial charge on any atom is 0.337 e. The summed E-state index contributed by atoms with van der Waals surface area (Å²) in [7, 11) is 2.90. The van der Waals surface area contributed by atoms with E-state index >= 15 is 0 Å². The van der Waals surface area contributed by atoms with Gasteiger partial charge in [-0.25, -0.2) is 4.79 Å². The van der Waals surface area contributed by atoms with Crippen LogP contribution in [0.2, 0.25) is 0 Å². The molecule has 27 heavy (non-hydrogen) atoms. The van der Waals surface area contributed by atoms with E-state index in [2.05, 4.69) is 0 Å². The molecule has 0 N–H and O–H groups in total. The standard InChI is InChI=1S/C21H24O6/c1-24-20(23)17-13-27-21(25-2)19-15(9-10-16(17)19)12-26-18(22)11-8-14-6-4-3-5-7-14/h3-7,9,13,16,19,21H,8,10-12H2,1-2H3/t16-,19-,21-/m1/s1. The van der Waals surface area contributed by atoms with Crippen LogP contribution in [0.25, 0.3) is 0 Å². The summed E-state index contributed by atoms with van der Waals surface area (Å²) in [5.74, 6) is -0.920. The van der Waals surface area contributed by atoms with Gasteiger partial charge in [0.25, 0.3) is 0 Å². The summed E-state index contributed by atoms with van der Waals surface area (Å²) in [5, 5.41) is 0. The molecule has 3 rings (SSSR count). The lowest BCUT2D eigenvalue weighted by molar-refractivity contribution is -0.150. The van der Waals surface area contributed by atoms with Gasteiger partial charge in [-0.2, -0.15) is 0 Å². The molecule has 1 heterocycles. The van der Waals surface area contributed by atoms with Gasteiger partial charge in [0.1, 0.15) is 6.61 Å². The summed E-state index contributed by atoms with van der Waals surface area (Å²) in [6, 6.07) is 9.82. The minimum atomic E-state index is -0.514. The van der Waals surface area contributed by atoms with Gasteiger partial charge >= 0.3 is 11.9 Å². The van der Waals surface area contributed by atoms with E-state index in [4.69, 9.17) is 18.9 Å². The predicted octanol–water partition coefficient (Wildman–Crippen LogP) is 2.78. The molecule has 0 spiro atoms. The Labute approximate surface area is 158 Å². The molecule has 2 aliphatic rings. The van der Waals surface area contributed by atoms with E-state index in [1.54, 1.807) is 7.11 Å².